The standard InChI is InChI=1S/C12H17FO/c1-12(2,3)8-9-5-6-10(14-4)7-11(9)13/h5-7H,8H2,1-4H3. The first-order valence-corrected chi connectivity index (χ1v) is 4.75. The quantitative estimate of drug-likeness (QED) is 0.704. The molecule has 0 aliphatic heterocycles. The lowest BCUT2D eigenvalue weighted by molar-refractivity contribution is 0.394. The largest absolute Gasteiger partial charge is 0.497 e. The first kappa shape index (κ1) is 11.0. The Labute approximate surface area is 84.9 Å². The van der Waals surface area contributed by atoms with Crippen LogP contribution in [0.5, 0.6) is 5.75 Å². The van der Waals surface area contributed by atoms with Crippen LogP contribution in [0.4, 0.5) is 4.39 Å². The van der Waals surface area contributed by atoms with Crippen molar-refractivity contribution >= 4 is 0 Å². The second kappa shape index (κ2) is 3.99. The Kier molecular flexibility index (Phi) is 3.14. The van der Waals surface area contributed by atoms with Crippen molar-refractivity contribution < 1.29 is 9.13 Å². The Morgan fingerprint density at radius 3 is 2.36 bits per heavy atom. The van der Waals surface area contributed by atoms with Crippen LogP contribution in [-0.2, 0) is 6.42 Å². The van der Waals surface area contributed by atoms with Crippen LogP contribution in [0, 0.1) is 11.2 Å². The minimum Gasteiger partial charge on any atom is -0.497 e. The minimum absolute atomic E-state index is 0.107. The summed E-state index contributed by atoms with van der Waals surface area (Å²) in [6, 6.07) is 5.02. The normalized spacial score (nSPS) is 11.5. The summed E-state index contributed by atoms with van der Waals surface area (Å²) in [6.45, 7) is 6.28. The molecule has 0 aliphatic rings. The van der Waals surface area contributed by atoms with Gasteiger partial charge < -0.3 is 4.74 Å². The summed E-state index contributed by atoms with van der Waals surface area (Å²) in [4.78, 5) is 0. The highest BCUT2D eigenvalue weighted by atomic mass is 19.1. The molecule has 1 nitrogen and oxygen atoms in total. The Balaban J connectivity index is 2.89. The number of hydrogen-bond acceptors (Lipinski definition) is 1. The maximum atomic E-state index is 13.5. The highest BCUT2D eigenvalue weighted by Gasteiger charge is 2.14. The molecular weight excluding hydrogens is 179 g/mol. The maximum absolute atomic E-state index is 13.5. The Morgan fingerprint density at radius 1 is 1.29 bits per heavy atom. The number of methoxy groups -OCH3 is 1. The third kappa shape index (κ3) is 3.02. The van der Waals surface area contributed by atoms with Gasteiger partial charge in [0.05, 0.1) is 7.11 Å². The molecule has 0 aliphatic carbocycles. The van der Waals surface area contributed by atoms with Gasteiger partial charge in [0.25, 0.3) is 0 Å². The molecule has 0 saturated heterocycles. The van der Waals surface area contributed by atoms with E-state index in [0.29, 0.717) is 5.75 Å². The summed E-state index contributed by atoms with van der Waals surface area (Å²) >= 11 is 0. The van der Waals surface area contributed by atoms with Crippen molar-refractivity contribution in [2.45, 2.75) is 27.2 Å². The molecule has 0 unspecified atom stereocenters. The highest BCUT2D eigenvalue weighted by molar-refractivity contribution is 5.29. The van der Waals surface area contributed by atoms with Gasteiger partial charge in [0.1, 0.15) is 11.6 Å². The topological polar surface area (TPSA) is 9.23 Å². The van der Waals surface area contributed by atoms with Crippen LogP contribution in [0.25, 0.3) is 0 Å². The van der Waals surface area contributed by atoms with Crippen LogP contribution < -0.4 is 4.74 Å². The van der Waals surface area contributed by atoms with Crippen LogP contribution in [-0.4, -0.2) is 7.11 Å². The van der Waals surface area contributed by atoms with Crippen molar-refractivity contribution in [2.24, 2.45) is 5.41 Å². The predicted octanol–water partition coefficient (Wildman–Crippen LogP) is 3.42. The van der Waals surface area contributed by atoms with Crippen molar-refractivity contribution in [3.05, 3.63) is 29.6 Å². The van der Waals surface area contributed by atoms with Gasteiger partial charge in [-0.2, -0.15) is 0 Å². The monoisotopic (exact) mass is 196 g/mol. The lowest BCUT2D eigenvalue weighted by Gasteiger charge is -2.18. The van der Waals surface area contributed by atoms with Crippen LogP contribution >= 0.6 is 0 Å². The van der Waals surface area contributed by atoms with E-state index in [1.165, 1.54) is 13.2 Å². The van der Waals surface area contributed by atoms with Crippen LogP contribution in [0.2, 0.25) is 0 Å². The van der Waals surface area contributed by atoms with E-state index in [0.717, 1.165) is 12.0 Å². The summed E-state index contributed by atoms with van der Waals surface area (Å²) in [7, 11) is 1.54. The van der Waals surface area contributed by atoms with E-state index in [1.807, 2.05) is 0 Å². The lowest BCUT2D eigenvalue weighted by atomic mass is 9.88. The van der Waals surface area contributed by atoms with Crippen molar-refractivity contribution in [1.82, 2.24) is 0 Å². The zero-order valence-electron chi connectivity index (χ0n) is 9.23. The molecule has 0 spiro atoms. The summed E-state index contributed by atoms with van der Waals surface area (Å²) < 4.78 is 18.4. The highest BCUT2D eigenvalue weighted by Crippen LogP contribution is 2.24. The zero-order valence-corrected chi connectivity index (χ0v) is 9.23. The average Bonchev–Trinajstić information content (AvgIpc) is 2.06. The van der Waals surface area contributed by atoms with E-state index < -0.39 is 0 Å². The van der Waals surface area contributed by atoms with E-state index in [9.17, 15) is 4.39 Å². The van der Waals surface area contributed by atoms with Gasteiger partial charge in [-0.1, -0.05) is 26.8 Å². The van der Waals surface area contributed by atoms with Gasteiger partial charge in [-0.15, -0.1) is 0 Å². The number of hydrogen-bond donors (Lipinski definition) is 0. The number of benzene rings is 1. The van der Waals surface area contributed by atoms with Crippen LogP contribution in [0.1, 0.15) is 26.3 Å². The second-order valence-electron chi connectivity index (χ2n) is 4.69. The van der Waals surface area contributed by atoms with Crippen LogP contribution in [0.15, 0.2) is 18.2 Å². The Hall–Kier alpha value is -1.05. The number of halogens is 1. The fourth-order valence-electron chi connectivity index (χ4n) is 1.37. The lowest BCUT2D eigenvalue weighted by Crippen LogP contribution is -2.10. The van der Waals surface area contributed by atoms with Gasteiger partial charge in [0.2, 0.25) is 0 Å². The third-order valence-electron chi connectivity index (χ3n) is 1.98. The zero-order chi connectivity index (χ0) is 10.8. The molecule has 14 heavy (non-hydrogen) atoms. The molecule has 0 atom stereocenters. The van der Waals surface area contributed by atoms with E-state index >= 15 is 0 Å². The van der Waals surface area contributed by atoms with Crippen LogP contribution in [0.3, 0.4) is 0 Å². The molecule has 0 amide bonds. The number of rotatable bonds is 2. The summed E-state index contributed by atoms with van der Waals surface area (Å²) in [5, 5.41) is 0. The van der Waals surface area contributed by atoms with Gasteiger partial charge in [-0.05, 0) is 23.5 Å². The van der Waals surface area contributed by atoms with E-state index in [1.54, 1.807) is 12.1 Å². The van der Waals surface area contributed by atoms with Gasteiger partial charge in [-0.25, -0.2) is 4.39 Å². The molecule has 1 aromatic rings. The van der Waals surface area contributed by atoms with Gasteiger partial charge in [0, 0.05) is 6.07 Å². The smallest absolute Gasteiger partial charge is 0.130 e. The molecule has 0 radical (unpaired) electrons. The molecule has 1 rings (SSSR count). The van der Waals surface area contributed by atoms with Crippen molar-refractivity contribution in [3.63, 3.8) is 0 Å². The maximum Gasteiger partial charge on any atom is 0.130 e. The molecule has 2 heteroatoms. The molecule has 78 valence electrons. The molecule has 0 bridgehead atoms. The summed E-state index contributed by atoms with van der Waals surface area (Å²) in [5.41, 5.74) is 0.855. The van der Waals surface area contributed by atoms with Crippen molar-refractivity contribution in [1.29, 1.82) is 0 Å². The first-order valence-electron chi connectivity index (χ1n) is 4.75. The third-order valence-corrected chi connectivity index (χ3v) is 1.98. The molecule has 0 heterocycles. The van der Waals surface area contributed by atoms with E-state index in [2.05, 4.69) is 20.8 Å². The molecule has 1 aromatic carbocycles. The predicted molar refractivity (Wildman–Crippen MR) is 56.1 cm³/mol. The average molecular weight is 196 g/mol. The molecule has 0 fully saturated rings. The molecule has 0 aromatic heterocycles. The van der Waals surface area contributed by atoms with E-state index in [4.69, 9.17) is 4.74 Å². The summed E-state index contributed by atoms with van der Waals surface area (Å²) in [5.74, 6) is 0.388. The SMILES string of the molecule is COc1ccc(CC(C)(C)C)c(F)c1. The Bertz CT molecular complexity index is 313. The van der Waals surface area contributed by atoms with E-state index in [-0.39, 0.29) is 11.2 Å². The first-order chi connectivity index (χ1) is 6.42. The van der Waals surface area contributed by atoms with Crippen molar-refractivity contribution in [3.8, 4) is 5.75 Å². The van der Waals surface area contributed by atoms with Gasteiger partial charge >= 0.3 is 0 Å². The second-order valence-corrected chi connectivity index (χ2v) is 4.69. The number of ether oxygens (including phenoxy) is 1. The fraction of sp³-hybridized carbons (Fsp3) is 0.500. The minimum atomic E-state index is -0.181. The van der Waals surface area contributed by atoms with Crippen molar-refractivity contribution in [2.75, 3.05) is 7.11 Å². The molecule has 0 N–H and O–H groups in total. The Morgan fingerprint density at radius 2 is 1.93 bits per heavy atom. The van der Waals surface area contributed by atoms with Gasteiger partial charge in [0.15, 0.2) is 0 Å². The molecule has 0 saturated carbocycles. The fourth-order valence-corrected chi connectivity index (χ4v) is 1.37. The molecular formula is C12H17FO. The van der Waals surface area contributed by atoms with Gasteiger partial charge in [-0.3, -0.25) is 0 Å². The summed E-state index contributed by atoms with van der Waals surface area (Å²) in [6.07, 6.45) is 0.739.